The molecular formula is C21H24N6O5. The zero-order valence-corrected chi connectivity index (χ0v) is 17.6. The fourth-order valence-electron chi connectivity index (χ4n) is 4.19. The molecule has 2 aliphatic heterocycles. The highest BCUT2D eigenvalue weighted by molar-refractivity contribution is 5.82. The van der Waals surface area contributed by atoms with Crippen molar-refractivity contribution in [2.75, 3.05) is 11.9 Å². The molecule has 11 nitrogen and oxygen atoms in total. The van der Waals surface area contributed by atoms with Crippen molar-refractivity contribution in [2.45, 2.75) is 50.2 Å². The minimum atomic E-state index is -1.16. The monoisotopic (exact) mass is 440 g/mol. The van der Waals surface area contributed by atoms with Gasteiger partial charge in [-0.15, -0.1) is 0 Å². The summed E-state index contributed by atoms with van der Waals surface area (Å²) in [6.45, 7) is 3.93. The summed E-state index contributed by atoms with van der Waals surface area (Å²) < 4.78 is 19.2. The zero-order valence-electron chi connectivity index (χ0n) is 17.6. The number of aromatic nitrogens is 4. The SMILES string of the molecule is CC1(C)O[C@@H]2[C@H](O1)[C@@H](C(=O)O)O[C@H]2n1cnc2c(NCC(N)c3ccccc3)ncnc21. The number of carboxylic acid groups (broad SMARTS) is 1. The summed E-state index contributed by atoms with van der Waals surface area (Å²) in [6, 6.07) is 9.52. The standard InChI is InChI=1S/C21H24N6O5/c1-21(2)31-14-15(32-21)19(30-16(14)20(28)29)27-10-26-13-17(24-9-25-18(13)27)23-8-12(22)11-6-4-3-5-7-11/h3-7,9-10,12,14-16,19H,8,22H2,1-2H3,(H,28,29)(H,23,24,25)/t12?,14-,15+,16-,19+/m0/s1. The molecule has 5 atom stereocenters. The van der Waals surface area contributed by atoms with Gasteiger partial charge < -0.3 is 30.4 Å². The molecule has 0 bridgehead atoms. The quantitative estimate of drug-likeness (QED) is 0.514. The van der Waals surface area contributed by atoms with Crippen LogP contribution in [-0.4, -0.2) is 61.2 Å². The van der Waals surface area contributed by atoms with Crippen LogP contribution in [0.1, 0.15) is 31.7 Å². The first-order chi connectivity index (χ1) is 15.3. The Morgan fingerprint density at radius 2 is 1.97 bits per heavy atom. The van der Waals surface area contributed by atoms with Crippen LogP contribution >= 0.6 is 0 Å². The first kappa shape index (κ1) is 20.8. The summed E-state index contributed by atoms with van der Waals surface area (Å²) in [4.78, 5) is 24.8. The van der Waals surface area contributed by atoms with E-state index in [1.54, 1.807) is 24.7 Å². The van der Waals surface area contributed by atoms with Crippen LogP contribution in [-0.2, 0) is 19.0 Å². The number of carbonyl (C=O) groups is 1. The van der Waals surface area contributed by atoms with Crippen LogP contribution in [0.3, 0.4) is 0 Å². The molecule has 2 fully saturated rings. The molecule has 1 unspecified atom stereocenters. The molecule has 32 heavy (non-hydrogen) atoms. The van der Waals surface area contributed by atoms with E-state index < -0.39 is 36.3 Å². The summed E-state index contributed by atoms with van der Waals surface area (Å²) in [5, 5.41) is 12.8. The summed E-state index contributed by atoms with van der Waals surface area (Å²) in [5.74, 6) is -1.51. The molecule has 4 N–H and O–H groups in total. The number of carboxylic acids is 1. The Kier molecular flexibility index (Phi) is 5.05. The second-order valence-corrected chi connectivity index (χ2v) is 8.29. The van der Waals surface area contributed by atoms with E-state index in [0.717, 1.165) is 5.56 Å². The van der Waals surface area contributed by atoms with Gasteiger partial charge in [0, 0.05) is 12.6 Å². The van der Waals surface area contributed by atoms with Crippen LogP contribution in [0.2, 0.25) is 0 Å². The number of hydrogen-bond donors (Lipinski definition) is 3. The van der Waals surface area contributed by atoms with Gasteiger partial charge >= 0.3 is 5.97 Å². The van der Waals surface area contributed by atoms with Crippen molar-refractivity contribution in [3.05, 3.63) is 48.5 Å². The maximum absolute atomic E-state index is 11.7. The first-order valence-corrected chi connectivity index (χ1v) is 10.3. The number of fused-ring (bicyclic) bond motifs is 2. The molecule has 2 aromatic heterocycles. The van der Waals surface area contributed by atoms with Crippen molar-refractivity contribution in [1.29, 1.82) is 0 Å². The summed E-state index contributed by atoms with van der Waals surface area (Å²) >= 11 is 0. The molecular weight excluding hydrogens is 416 g/mol. The van der Waals surface area contributed by atoms with Crippen molar-refractivity contribution in [1.82, 2.24) is 19.5 Å². The Morgan fingerprint density at radius 1 is 1.22 bits per heavy atom. The molecule has 0 radical (unpaired) electrons. The fourth-order valence-corrected chi connectivity index (χ4v) is 4.19. The molecule has 0 amide bonds. The third-order valence-corrected chi connectivity index (χ3v) is 5.62. The lowest BCUT2D eigenvalue weighted by molar-refractivity contribution is -0.202. The second-order valence-electron chi connectivity index (χ2n) is 8.29. The average Bonchev–Trinajstić information content (AvgIpc) is 3.43. The highest BCUT2D eigenvalue weighted by Gasteiger charge is 2.58. The highest BCUT2D eigenvalue weighted by atomic mass is 16.8. The Labute approximate surface area is 183 Å². The van der Waals surface area contributed by atoms with Gasteiger partial charge in [-0.25, -0.2) is 19.7 Å². The van der Waals surface area contributed by atoms with Crippen LogP contribution in [0.4, 0.5) is 5.82 Å². The summed E-state index contributed by atoms with van der Waals surface area (Å²) in [7, 11) is 0. The van der Waals surface area contributed by atoms with Gasteiger partial charge in [0.2, 0.25) is 0 Å². The van der Waals surface area contributed by atoms with Crippen LogP contribution in [0.5, 0.6) is 0 Å². The first-order valence-electron chi connectivity index (χ1n) is 10.3. The van der Waals surface area contributed by atoms with E-state index in [0.29, 0.717) is 23.5 Å². The highest BCUT2D eigenvalue weighted by Crippen LogP contribution is 2.43. The number of anilines is 1. The van der Waals surface area contributed by atoms with E-state index in [-0.39, 0.29) is 6.04 Å². The largest absolute Gasteiger partial charge is 0.479 e. The van der Waals surface area contributed by atoms with Crippen LogP contribution < -0.4 is 11.1 Å². The van der Waals surface area contributed by atoms with Gasteiger partial charge in [0.05, 0.1) is 6.33 Å². The summed E-state index contributed by atoms with van der Waals surface area (Å²) in [5.41, 5.74) is 8.29. The van der Waals surface area contributed by atoms with E-state index >= 15 is 0 Å². The van der Waals surface area contributed by atoms with Gasteiger partial charge in [-0.1, -0.05) is 30.3 Å². The lowest BCUT2D eigenvalue weighted by atomic mass is 10.1. The predicted molar refractivity (Wildman–Crippen MR) is 113 cm³/mol. The number of nitrogens with two attached hydrogens (primary N) is 1. The minimum Gasteiger partial charge on any atom is -0.479 e. The van der Waals surface area contributed by atoms with Crippen LogP contribution in [0, 0.1) is 0 Å². The zero-order chi connectivity index (χ0) is 22.5. The molecule has 0 aliphatic carbocycles. The number of benzene rings is 1. The maximum atomic E-state index is 11.7. The minimum absolute atomic E-state index is 0.232. The Balaban J connectivity index is 1.41. The third kappa shape index (κ3) is 3.58. The lowest BCUT2D eigenvalue weighted by Crippen LogP contribution is -2.35. The van der Waals surface area contributed by atoms with Gasteiger partial charge in [-0.2, -0.15) is 0 Å². The lowest BCUT2D eigenvalue weighted by Gasteiger charge is -2.23. The number of ether oxygens (including phenoxy) is 3. The van der Waals surface area contributed by atoms with Gasteiger partial charge in [-0.3, -0.25) is 4.57 Å². The van der Waals surface area contributed by atoms with E-state index in [1.165, 1.54) is 6.33 Å². The second kappa shape index (κ2) is 7.78. The number of aliphatic carboxylic acids is 1. The normalized spacial score (nSPS) is 27.3. The maximum Gasteiger partial charge on any atom is 0.335 e. The number of nitrogens with zero attached hydrogens (tertiary/aromatic N) is 4. The molecule has 2 saturated heterocycles. The van der Waals surface area contributed by atoms with E-state index in [2.05, 4.69) is 20.3 Å². The summed E-state index contributed by atoms with van der Waals surface area (Å²) in [6.07, 6.45) is -0.333. The predicted octanol–water partition coefficient (Wildman–Crippen LogP) is 1.44. The van der Waals surface area contributed by atoms with Gasteiger partial charge in [-0.05, 0) is 19.4 Å². The van der Waals surface area contributed by atoms with Crippen LogP contribution in [0.25, 0.3) is 11.2 Å². The van der Waals surface area contributed by atoms with E-state index in [1.807, 2.05) is 30.3 Å². The van der Waals surface area contributed by atoms with Crippen molar-refractivity contribution in [2.24, 2.45) is 5.73 Å². The molecule has 2 aliphatic rings. The van der Waals surface area contributed by atoms with E-state index in [9.17, 15) is 9.90 Å². The Bertz CT molecular complexity index is 1140. The smallest absolute Gasteiger partial charge is 0.335 e. The molecule has 0 saturated carbocycles. The molecule has 3 aromatic rings. The number of hydrogen-bond acceptors (Lipinski definition) is 9. The van der Waals surface area contributed by atoms with Crippen molar-refractivity contribution in [3.8, 4) is 0 Å². The number of rotatable bonds is 6. The van der Waals surface area contributed by atoms with Gasteiger partial charge in [0.25, 0.3) is 0 Å². The topological polar surface area (TPSA) is 147 Å². The molecule has 5 rings (SSSR count). The number of nitrogens with one attached hydrogen (secondary N) is 1. The molecule has 4 heterocycles. The number of imidazole rings is 1. The van der Waals surface area contributed by atoms with E-state index in [4.69, 9.17) is 19.9 Å². The molecule has 0 spiro atoms. The third-order valence-electron chi connectivity index (χ3n) is 5.62. The van der Waals surface area contributed by atoms with Gasteiger partial charge in [0.15, 0.2) is 35.1 Å². The van der Waals surface area contributed by atoms with Crippen molar-refractivity contribution < 1.29 is 24.1 Å². The fraction of sp³-hybridized carbons (Fsp3) is 0.429. The Hall–Kier alpha value is -3.12. The van der Waals surface area contributed by atoms with Gasteiger partial charge in [0.1, 0.15) is 18.5 Å². The van der Waals surface area contributed by atoms with Crippen molar-refractivity contribution in [3.63, 3.8) is 0 Å². The molecule has 168 valence electrons. The Morgan fingerprint density at radius 3 is 2.72 bits per heavy atom. The molecule has 11 heteroatoms. The van der Waals surface area contributed by atoms with Crippen molar-refractivity contribution >= 4 is 23.0 Å². The molecule has 1 aromatic carbocycles. The van der Waals surface area contributed by atoms with Crippen LogP contribution in [0.15, 0.2) is 43.0 Å². The average molecular weight is 440 g/mol.